The van der Waals surface area contributed by atoms with E-state index < -0.39 is 7.12 Å². The van der Waals surface area contributed by atoms with Gasteiger partial charge in [-0.15, -0.1) is 0 Å². The largest absolute Gasteiger partial charge is 0.494 e. The molecule has 2 aliphatic heterocycles. The van der Waals surface area contributed by atoms with Crippen molar-refractivity contribution in [2.45, 2.75) is 38.9 Å². The van der Waals surface area contributed by atoms with E-state index >= 15 is 0 Å². The fourth-order valence-electron chi connectivity index (χ4n) is 2.87. The Morgan fingerprint density at radius 1 is 1.12 bits per heavy atom. The first kappa shape index (κ1) is 19.0. The van der Waals surface area contributed by atoms with Gasteiger partial charge in [0.05, 0.1) is 29.4 Å². The van der Waals surface area contributed by atoms with Gasteiger partial charge in [-0.3, -0.25) is 4.90 Å². The van der Waals surface area contributed by atoms with E-state index in [0.29, 0.717) is 17.4 Å². The SMILES string of the molecule is CC1(C)OB(c2ccc(OCCN3CCOCC3)c(Cl)c2)OC1(C)C. The number of hydrogen-bond acceptors (Lipinski definition) is 5. The molecule has 25 heavy (non-hydrogen) atoms. The first-order valence-electron chi connectivity index (χ1n) is 8.86. The van der Waals surface area contributed by atoms with Crippen LogP contribution in [0.5, 0.6) is 5.75 Å². The summed E-state index contributed by atoms with van der Waals surface area (Å²) in [7, 11) is -0.412. The summed E-state index contributed by atoms with van der Waals surface area (Å²) in [5, 5.41) is 0.578. The van der Waals surface area contributed by atoms with Crippen LogP contribution in [-0.2, 0) is 14.0 Å². The van der Waals surface area contributed by atoms with Gasteiger partial charge >= 0.3 is 7.12 Å². The second kappa shape index (κ2) is 7.45. The molecule has 7 heteroatoms. The molecule has 2 saturated heterocycles. The molecule has 0 atom stereocenters. The van der Waals surface area contributed by atoms with Crippen LogP contribution in [0.15, 0.2) is 18.2 Å². The third kappa shape index (κ3) is 4.31. The first-order chi connectivity index (χ1) is 11.8. The average Bonchev–Trinajstić information content (AvgIpc) is 2.78. The molecule has 0 aromatic heterocycles. The van der Waals surface area contributed by atoms with E-state index in [4.69, 9.17) is 30.4 Å². The molecular weight excluding hydrogens is 340 g/mol. The molecule has 0 amide bonds. The highest BCUT2D eigenvalue weighted by molar-refractivity contribution is 6.62. The van der Waals surface area contributed by atoms with E-state index in [9.17, 15) is 0 Å². The molecule has 2 aliphatic rings. The number of nitrogens with zero attached hydrogens (tertiary/aromatic N) is 1. The van der Waals surface area contributed by atoms with Crippen LogP contribution in [0.3, 0.4) is 0 Å². The molecule has 0 unspecified atom stereocenters. The van der Waals surface area contributed by atoms with Crippen LogP contribution >= 0.6 is 11.6 Å². The van der Waals surface area contributed by atoms with Gasteiger partial charge in [-0.2, -0.15) is 0 Å². The van der Waals surface area contributed by atoms with Crippen molar-refractivity contribution in [3.63, 3.8) is 0 Å². The molecule has 1 aromatic rings. The molecule has 0 saturated carbocycles. The quantitative estimate of drug-likeness (QED) is 0.747. The summed E-state index contributed by atoms with van der Waals surface area (Å²) in [4.78, 5) is 2.33. The van der Waals surface area contributed by atoms with E-state index in [0.717, 1.165) is 38.3 Å². The number of morpholine rings is 1. The standard InChI is InChI=1S/C18H27BClNO4/c1-17(2)18(3,4)25-19(24-17)14-5-6-16(15(20)13-14)23-12-9-21-7-10-22-11-8-21/h5-6,13H,7-12H2,1-4H3. The van der Waals surface area contributed by atoms with Gasteiger partial charge in [-0.1, -0.05) is 17.7 Å². The highest BCUT2D eigenvalue weighted by Crippen LogP contribution is 2.37. The summed E-state index contributed by atoms with van der Waals surface area (Å²) in [6, 6.07) is 5.72. The Morgan fingerprint density at radius 2 is 1.76 bits per heavy atom. The van der Waals surface area contributed by atoms with Crippen molar-refractivity contribution in [1.29, 1.82) is 0 Å². The maximum Gasteiger partial charge on any atom is 0.494 e. The fourth-order valence-corrected chi connectivity index (χ4v) is 3.11. The van der Waals surface area contributed by atoms with Gasteiger partial charge in [0.15, 0.2) is 0 Å². The van der Waals surface area contributed by atoms with Gasteiger partial charge in [0.1, 0.15) is 12.4 Å². The Balaban J connectivity index is 1.58. The maximum absolute atomic E-state index is 6.40. The van der Waals surface area contributed by atoms with Crippen LogP contribution < -0.4 is 10.2 Å². The minimum absolute atomic E-state index is 0.364. The zero-order valence-electron chi connectivity index (χ0n) is 15.5. The highest BCUT2D eigenvalue weighted by atomic mass is 35.5. The molecule has 2 heterocycles. The van der Waals surface area contributed by atoms with Gasteiger partial charge in [0.25, 0.3) is 0 Å². The fraction of sp³-hybridized carbons (Fsp3) is 0.667. The third-order valence-corrected chi connectivity index (χ3v) is 5.55. The lowest BCUT2D eigenvalue weighted by Gasteiger charge is -2.32. The van der Waals surface area contributed by atoms with Crippen molar-refractivity contribution in [3.8, 4) is 5.75 Å². The molecule has 0 radical (unpaired) electrons. The topological polar surface area (TPSA) is 40.2 Å². The number of ether oxygens (including phenoxy) is 2. The van der Waals surface area contributed by atoms with Crippen LogP contribution in [0, 0.1) is 0 Å². The van der Waals surface area contributed by atoms with E-state index in [1.54, 1.807) is 0 Å². The maximum atomic E-state index is 6.40. The van der Waals surface area contributed by atoms with Gasteiger partial charge in [-0.25, -0.2) is 0 Å². The van der Waals surface area contributed by atoms with E-state index in [2.05, 4.69) is 4.90 Å². The molecule has 1 aromatic carbocycles. The van der Waals surface area contributed by atoms with Crippen molar-refractivity contribution in [1.82, 2.24) is 4.90 Å². The molecule has 3 rings (SSSR count). The van der Waals surface area contributed by atoms with Gasteiger partial charge in [0.2, 0.25) is 0 Å². The lowest BCUT2D eigenvalue weighted by molar-refractivity contribution is 0.00578. The molecule has 0 aliphatic carbocycles. The smallest absolute Gasteiger partial charge is 0.491 e. The van der Waals surface area contributed by atoms with E-state index in [1.165, 1.54) is 0 Å². The summed E-state index contributed by atoms with van der Waals surface area (Å²) < 4.78 is 23.3. The molecule has 0 N–H and O–H groups in total. The number of halogens is 1. The summed E-state index contributed by atoms with van der Waals surface area (Å²) in [5.41, 5.74) is 0.179. The summed E-state index contributed by atoms with van der Waals surface area (Å²) in [5.74, 6) is 0.690. The van der Waals surface area contributed by atoms with Crippen molar-refractivity contribution >= 4 is 24.2 Å². The summed E-state index contributed by atoms with van der Waals surface area (Å²) >= 11 is 6.40. The number of hydrogen-bond donors (Lipinski definition) is 0. The lowest BCUT2D eigenvalue weighted by Crippen LogP contribution is -2.41. The van der Waals surface area contributed by atoms with Gasteiger partial charge in [-0.05, 0) is 45.3 Å². The van der Waals surface area contributed by atoms with E-state index in [1.807, 2.05) is 45.9 Å². The van der Waals surface area contributed by atoms with Crippen molar-refractivity contribution < 1.29 is 18.8 Å². The van der Waals surface area contributed by atoms with E-state index in [-0.39, 0.29) is 11.2 Å². The van der Waals surface area contributed by atoms with Crippen molar-refractivity contribution in [2.24, 2.45) is 0 Å². The minimum atomic E-state index is -0.412. The Labute approximate surface area is 155 Å². The van der Waals surface area contributed by atoms with Crippen molar-refractivity contribution in [2.75, 3.05) is 39.5 Å². The zero-order valence-corrected chi connectivity index (χ0v) is 16.3. The predicted octanol–water partition coefficient (Wildman–Crippen LogP) is 2.35. The third-order valence-electron chi connectivity index (χ3n) is 5.25. The zero-order chi connectivity index (χ0) is 18.1. The van der Waals surface area contributed by atoms with Crippen molar-refractivity contribution in [3.05, 3.63) is 23.2 Å². The second-order valence-electron chi connectivity index (χ2n) is 7.58. The average molecular weight is 368 g/mol. The van der Waals surface area contributed by atoms with Crippen LogP contribution in [0.1, 0.15) is 27.7 Å². The lowest BCUT2D eigenvalue weighted by atomic mass is 9.79. The Morgan fingerprint density at radius 3 is 2.36 bits per heavy atom. The first-order valence-corrected chi connectivity index (χ1v) is 9.24. The van der Waals surface area contributed by atoms with Crippen LogP contribution in [0.25, 0.3) is 0 Å². The van der Waals surface area contributed by atoms with Gasteiger partial charge < -0.3 is 18.8 Å². The summed E-state index contributed by atoms with van der Waals surface area (Å²) in [6.45, 7) is 13.1. The Hall–Kier alpha value is -0.785. The molecule has 5 nitrogen and oxygen atoms in total. The molecule has 0 bridgehead atoms. The molecule has 138 valence electrons. The molecule has 0 spiro atoms. The molecule has 2 fully saturated rings. The number of rotatable bonds is 5. The van der Waals surface area contributed by atoms with Gasteiger partial charge in [0, 0.05) is 19.6 Å². The molecular formula is C18H27BClNO4. The second-order valence-corrected chi connectivity index (χ2v) is 7.99. The number of benzene rings is 1. The monoisotopic (exact) mass is 367 g/mol. The van der Waals surface area contributed by atoms with Crippen LogP contribution in [-0.4, -0.2) is 62.7 Å². The van der Waals surface area contributed by atoms with Crippen LogP contribution in [0.2, 0.25) is 5.02 Å². The normalized spacial score (nSPS) is 23.0. The Bertz CT molecular complexity index is 589. The Kier molecular flexibility index (Phi) is 5.66. The minimum Gasteiger partial charge on any atom is -0.491 e. The predicted molar refractivity (Wildman–Crippen MR) is 99.9 cm³/mol. The highest BCUT2D eigenvalue weighted by Gasteiger charge is 2.51. The van der Waals surface area contributed by atoms with Crippen LogP contribution in [0.4, 0.5) is 0 Å². The summed E-state index contributed by atoms with van der Waals surface area (Å²) in [6.07, 6.45) is 0.